The van der Waals surface area contributed by atoms with Gasteiger partial charge in [-0.25, -0.2) is 0 Å². The van der Waals surface area contributed by atoms with Crippen LogP contribution in [0.25, 0.3) is 0 Å². The molecule has 21 heavy (non-hydrogen) atoms. The molecule has 1 N–H and O–H groups in total. The minimum Gasteiger partial charge on any atom is -0.481 e. The highest BCUT2D eigenvalue weighted by Crippen LogP contribution is 2.22. The smallest absolute Gasteiger partial charge is 0.305 e. The first-order valence-electron chi connectivity index (χ1n) is 7.35. The van der Waals surface area contributed by atoms with Crippen molar-refractivity contribution in [1.82, 2.24) is 4.90 Å². The molecule has 0 spiro atoms. The van der Waals surface area contributed by atoms with Gasteiger partial charge in [0.15, 0.2) is 0 Å². The molecular weight excluding hydrogens is 290 g/mol. The SMILES string of the molecule is Cc1ccc(CN2CCC(OCCC(=O)O)CC2)c(Cl)c1. The highest BCUT2D eigenvalue weighted by Gasteiger charge is 2.20. The number of hydrogen-bond acceptors (Lipinski definition) is 3. The molecule has 1 aromatic carbocycles. The van der Waals surface area contributed by atoms with Crippen molar-refractivity contribution >= 4 is 17.6 Å². The third kappa shape index (κ3) is 5.30. The summed E-state index contributed by atoms with van der Waals surface area (Å²) in [5.41, 5.74) is 2.34. The van der Waals surface area contributed by atoms with Crippen LogP contribution in [0.3, 0.4) is 0 Å². The highest BCUT2D eigenvalue weighted by molar-refractivity contribution is 6.31. The Labute approximate surface area is 130 Å². The largest absolute Gasteiger partial charge is 0.481 e. The van der Waals surface area contributed by atoms with Crippen LogP contribution in [-0.4, -0.2) is 41.8 Å². The van der Waals surface area contributed by atoms with E-state index in [2.05, 4.69) is 17.0 Å². The predicted molar refractivity (Wildman–Crippen MR) is 82.7 cm³/mol. The molecule has 1 fully saturated rings. The van der Waals surface area contributed by atoms with Crippen molar-refractivity contribution in [3.8, 4) is 0 Å². The maximum absolute atomic E-state index is 10.5. The van der Waals surface area contributed by atoms with Crippen LogP contribution < -0.4 is 0 Å². The molecule has 0 aliphatic carbocycles. The first kappa shape index (κ1) is 16.3. The number of piperidine rings is 1. The van der Waals surface area contributed by atoms with Crippen molar-refractivity contribution in [2.24, 2.45) is 0 Å². The van der Waals surface area contributed by atoms with Crippen LogP contribution in [0, 0.1) is 6.92 Å². The van der Waals surface area contributed by atoms with Crippen molar-refractivity contribution in [2.45, 2.75) is 38.8 Å². The van der Waals surface area contributed by atoms with Gasteiger partial charge in [0.1, 0.15) is 0 Å². The third-order valence-electron chi connectivity index (χ3n) is 3.81. The number of likely N-dealkylation sites (tertiary alicyclic amines) is 1. The fourth-order valence-electron chi connectivity index (χ4n) is 2.57. The molecule has 1 heterocycles. The second kappa shape index (κ2) is 7.78. The number of hydrogen-bond donors (Lipinski definition) is 1. The zero-order valence-corrected chi connectivity index (χ0v) is 13.1. The minimum atomic E-state index is -0.804. The van der Waals surface area contributed by atoms with E-state index in [0.717, 1.165) is 43.1 Å². The molecule has 0 amide bonds. The number of carbonyl (C=O) groups is 1. The Bertz CT molecular complexity index is 484. The average Bonchev–Trinajstić information content (AvgIpc) is 2.43. The molecule has 1 aliphatic heterocycles. The Kier molecular flexibility index (Phi) is 6.03. The lowest BCUT2D eigenvalue weighted by Crippen LogP contribution is -2.36. The van der Waals surface area contributed by atoms with Crippen LogP contribution in [0.5, 0.6) is 0 Å². The van der Waals surface area contributed by atoms with Crippen LogP contribution in [0.4, 0.5) is 0 Å². The summed E-state index contributed by atoms with van der Waals surface area (Å²) in [5.74, 6) is -0.804. The molecule has 0 atom stereocenters. The van der Waals surface area contributed by atoms with Gasteiger partial charge in [-0.3, -0.25) is 9.69 Å². The van der Waals surface area contributed by atoms with Gasteiger partial charge in [0, 0.05) is 24.7 Å². The summed E-state index contributed by atoms with van der Waals surface area (Å²) < 4.78 is 5.60. The number of benzene rings is 1. The number of rotatable bonds is 6. The maximum Gasteiger partial charge on any atom is 0.305 e. The molecule has 5 heteroatoms. The van der Waals surface area contributed by atoms with E-state index in [9.17, 15) is 4.79 Å². The van der Waals surface area contributed by atoms with Gasteiger partial charge in [0.2, 0.25) is 0 Å². The second-order valence-corrected chi connectivity index (χ2v) is 5.99. The summed E-state index contributed by atoms with van der Waals surface area (Å²) in [6, 6.07) is 6.18. The van der Waals surface area contributed by atoms with Crippen LogP contribution in [-0.2, 0) is 16.1 Å². The Balaban J connectivity index is 1.75. The lowest BCUT2D eigenvalue weighted by Gasteiger charge is -2.32. The van der Waals surface area contributed by atoms with Crippen LogP contribution in [0.2, 0.25) is 5.02 Å². The predicted octanol–water partition coefficient (Wildman–Crippen LogP) is 3.10. The van der Waals surface area contributed by atoms with E-state index >= 15 is 0 Å². The van der Waals surface area contributed by atoms with E-state index in [4.69, 9.17) is 21.4 Å². The zero-order valence-electron chi connectivity index (χ0n) is 12.3. The Morgan fingerprint density at radius 3 is 2.76 bits per heavy atom. The van der Waals surface area contributed by atoms with Gasteiger partial charge < -0.3 is 9.84 Å². The van der Waals surface area contributed by atoms with E-state index in [1.165, 1.54) is 5.56 Å². The van der Waals surface area contributed by atoms with Crippen molar-refractivity contribution < 1.29 is 14.6 Å². The summed E-state index contributed by atoms with van der Waals surface area (Å²) in [7, 11) is 0. The number of carboxylic acid groups (broad SMARTS) is 1. The molecule has 1 saturated heterocycles. The number of aryl methyl sites for hydroxylation is 1. The summed E-state index contributed by atoms with van der Waals surface area (Å²) in [4.78, 5) is 12.8. The number of halogens is 1. The van der Waals surface area contributed by atoms with Crippen LogP contribution >= 0.6 is 11.6 Å². The summed E-state index contributed by atoms with van der Waals surface area (Å²) in [6.45, 7) is 5.13. The highest BCUT2D eigenvalue weighted by atomic mass is 35.5. The summed E-state index contributed by atoms with van der Waals surface area (Å²) in [6.07, 6.45) is 2.17. The van der Waals surface area contributed by atoms with Gasteiger partial charge in [-0.15, -0.1) is 0 Å². The fraction of sp³-hybridized carbons (Fsp3) is 0.562. The Morgan fingerprint density at radius 2 is 2.14 bits per heavy atom. The normalized spacial score (nSPS) is 17.0. The van der Waals surface area contributed by atoms with E-state index in [-0.39, 0.29) is 12.5 Å². The van der Waals surface area contributed by atoms with Crippen LogP contribution in [0.1, 0.15) is 30.4 Å². The molecule has 0 unspecified atom stereocenters. The molecule has 0 radical (unpaired) electrons. The first-order valence-corrected chi connectivity index (χ1v) is 7.73. The number of carboxylic acids is 1. The molecule has 116 valence electrons. The van der Waals surface area contributed by atoms with Gasteiger partial charge in [-0.2, -0.15) is 0 Å². The standard InChI is InChI=1S/C16H22ClNO3/c1-12-2-3-13(15(17)10-12)11-18-7-4-14(5-8-18)21-9-6-16(19)20/h2-3,10,14H,4-9,11H2,1H3,(H,19,20). The summed E-state index contributed by atoms with van der Waals surface area (Å²) in [5, 5.41) is 9.42. The quantitative estimate of drug-likeness (QED) is 0.877. The molecule has 0 saturated carbocycles. The molecule has 1 aromatic rings. The molecule has 1 aliphatic rings. The topological polar surface area (TPSA) is 49.8 Å². The monoisotopic (exact) mass is 311 g/mol. The van der Waals surface area contributed by atoms with Crippen molar-refractivity contribution in [3.05, 3.63) is 34.3 Å². The lowest BCUT2D eigenvalue weighted by molar-refractivity contribution is -0.138. The van der Waals surface area contributed by atoms with E-state index < -0.39 is 5.97 Å². The molecule has 4 nitrogen and oxygen atoms in total. The van der Waals surface area contributed by atoms with E-state index in [1.807, 2.05) is 13.0 Å². The van der Waals surface area contributed by atoms with Gasteiger partial charge in [0.25, 0.3) is 0 Å². The van der Waals surface area contributed by atoms with E-state index in [1.54, 1.807) is 0 Å². The van der Waals surface area contributed by atoms with Gasteiger partial charge in [-0.05, 0) is 37.0 Å². The number of aliphatic carboxylic acids is 1. The molecule has 2 rings (SSSR count). The van der Waals surface area contributed by atoms with Gasteiger partial charge in [0.05, 0.1) is 19.1 Å². The second-order valence-electron chi connectivity index (χ2n) is 5.58. The van der Waals surface area contributed by atoms with Gasteiger partial charge in [-0.1, -0.05) is 23.7 Å². The lowest BCUT2D eigenvalue weighted by atomic mass is 10.1. The third-order valence-corrected chi connectivity index (χ3v) is 4.16. The average molecular weight is 312 g/mol. The maximum atomic E-state index is 10.5. The minimum absolute atomic E-state index is 0.0825. The molecular formula is C16H22ClNO3. The van der Waals surface area contributed by atoms with Crippen molar-refractivity contribution in [3.63, 3.8) is 0 Å². The Hall–Kier alpha value is -1.10. The number of nitrogens with zero attached hydrogens (tertiary/aromatic N) is 1. The number of ether oxygens (including phenoxy) is 1. The first-order chi connectivity index (χ1) is 10.0. The van der Waals surface area contributed by atoms with Crippen LogP contribution in [0.15, 0.2) is 18.2 Å². The summed E-state index contributed by atoms with van der Waals surface area (Å²) >= 11 is 6.27. The van der Waals surface area contributed by atoms with Crippen molar-refractivity contribution in [2.75, 3.05) is 19.7 Å². The zero-order chi connectivity index (χ0) is 15.2. The molecule has 0 aromatic heterocycles. The van der Waals surface area contributed by atoms with Gasteiger partial charge >= 0.3 is 5.97 Å². The van der Waals surface area contributed by atoms with E-state index in [0.29, 0.717) is 6.61 Å². The molecule has 0 bridgehead atoms. The Morgan fingerprint density at radius 1 is 1.43 bits per heavy atom. The fourth-order valence-corrected chi connectivity index (χ4v) is 2.86. The van der Waals surface area contributed by atoms with Crippen molar-refractivity contribution in [1.29, 1.82) is 0 Å².